The van der Waals surface area contributed by atoms with Crippen LogP contribution in [0.25, 0.3) is 4.91 Å². The van der Waals surface area contributed by atoms with Gasteiger partial charge in [-0.2, -0.15) is 0 Å². The molecule has 1 aliphatic rings. The predicted molar refractivity (Wildman–Crippen MR) is 137 cm³/mol. The van der Waals surface area contributed by atoms with E-state index in [1.165, 1.54) is 14.2 Å². The molecule has 1 fully saturated rings. The summed E-state index contributed by atoms with van der Waals surface area (Å²) in [4.78, 5) is 25.7. The van der Waals surface area contributed by atoms with E-state index < -0.39 is 33.4 Å². The highest BCUT2D eigenvalue weighted by Gasteiger charge is 2.35. The summed E-state index contributed by atoms with van der Waals surface area (Å²) in [6.07, 6.45) is 1.01. The summed E-state index contributed by atoms with van der Waals surface area (Å²) in [7, 11) is -1.23. The molecule has 0 atom stereocenters. The Bertz CT molecular complexity index is 1430. The fourth-order valence-electron chi connectivity index (χ4n) is 4.59. The SMILES string of the molecule is COC(=O)c1ccc(C(c2ccc(C(=O)OC)cc2)N2CC(=C(c3cc(F)cc(F)c3)S(C)(=O)=O)C2)cc1. The van der Waals surface area contributed by atoms with Crippen molar-refractivity contribution < 1.29 is 36.3 Å². The molecule has 0 radical (unpaired) electrons. The van der Waals surface area contributed by atoms with Gasteiger partial charge in [0.15, 0.2) is 9.84 Å². The molecule has 1 aliphatic heterocycles. The molecular weight excluding hydrogens is 516 g/mol. The molecule has 3 aromatic carbocycles. The molecule has 10 heteroatoms. The molecule has 0 spiro atoms. The van der Waals surface area contributed by atoms with Gasteiger partial charge >= 0.3 is 11.9 Å². The topological polar surface area (TPSA) is 90.0 Å². The minimum Gasteiger partial charge on any atom is -0.465 e. The van der Waals surface area contributed by atoms with Gasteiger partial charge in [0, 0.05) is 25.4 Å². The lowest BCUT2D eigenvalue weighted by atomic mass is 9.91. The van der Waals surface area contributed by atoms with Gasteiger partial charge in [0.05, 0.1) is 36.3 Å². The maximum atomic E-state index is 13.9. The van der Waals surface area contributed by atoms with E-state index in [1.54, 1.807) is 48.5 Å². The number of hydrogen-bond donors (Lipinski definition) is 0. The number of carbonyl (C=O) groups is 2. The number of rotatable bonds is 7. The van der Waals surface area contributed by atoms with Crippen LogP contribution in [0.5, 0.6) is 0 Å². The molecule has 1 saturated heterocycles. The molecule has 4 rings (SSSR count). The van der Waals surface area contributed by atoms with Crippen LogP contribution in [-0.4, -0.2) is 58.8 Å². The molecule has 38 heavy (non-hydrogen) atoms. The Morgan fingerprint density at radius 3 is 1.55 bits per heavy atom. The number of nitrogens with zero attached hydrogens (tertiary/aromatic N) is 1. The van der Waals surface area contributed by atoms with Crippen molar-refractivity contribution in [1.82, 2.24) is 4.90 Å². The number of hydrogen-bond acceptors (Lipinski definition) is 7. The maximum absolute atomic E-state index is 13.9. The molecule has 1 heterocycles. The zero-order chi connectivity index (χ0) is 27.6. The molecule has 0 aliphatic carbocycles. The van der Waals surface area contributed by atoms with Crippen LogP contribution in [0.3, 0.4) is 0 Å². The molecule has 3 aromatic rings. The van der Waals surface area contributed by atoms with Gasteiger partial charge in [-0.25, -0.2) is 26.8 Å². The number of halogens is 2. The van der Waals surface area contributed by atoms with Gasteiger partial charge in [-0.05, 0) is 58.7 Å². The number of ether oxygens (including phenoxy) is 2. The van der Waals surface area contributed by atoms with Gasteiger partial charge in [0.25, 0.3) is 0 Å². The Morgan fingerprint density at radius 1 is 0.763 bits per heavy atom. The highest BCUT2D eigenvalue weighted by atomic mass is 32.2. The summed E-state index contributed by atoms with van der Waals surface area (Å²) in [6, 6.07) is 15.9. The molecule has 198 valence electrons. The normalized spacial score (nSPS) is 13.7. The van der Waals surface area contributed by atoms with Crippen molar-refractivity contribution in [2.75, 3.05) is 33.6 Å². The van der Waals surface area contributed by atoms with Crippen molar-refractivity contribution in [3.05, 3.63) is 112 Å². The Balaban J connectivity index is 1.74. The monoisotopic (exact) mass is 541 g/mol. The fraction of sp³-hybridized carbons (Fsp3) is 0.214. The highest BCUT2D eigenvalue weighted by Crippen LogP contribution is 2.38. The van der Waals surface area contributed by atoms with Gasteiger partial charge < -0.3 is 9.47 Å². The van der Waals surface area contributed by atoms with Crippen molar-refractivity contribution in [3.63, 3.8) is 0 Å². The second kappa shape index (κ2) is 10.8. The number of methoxy groups -OCH3 is 2. The molecule has 0 saturated carbocycles. The van der Waals surface area contributed by atoms with Crippen LogP contribution in [0.15, 0.2) is 72.3 Å². The first-order chi connectivity index (χ1) is 18.0. The van der Waals surface area contributed by atoms with Crippen molar-refractivity contribution in [3.8, 4) is 0 Å². The third-order valence-electron chi connectivity index (χ3n) is 6.26. The second-order valence-corrected chi connectivity index (χ2v) is 10.9. The maximum Gasteiger partial charge on any atom is 0.337 e. The van der Waals surface area contributed by atoms with E-state index in [4.69, 9.17) is 9.47 Å². The number of esters is 2. The highest BCUT2D eigenvalue weighted by molar-refractivity contribution is 8.00. The number of carbonyl (C=O) groups excluding carboxylic acids is 2. The Morgan fingerprint density at radius 2 is 1.18 bits per heavy atom. The minimum atomic E-state index is -3.81. The molecule has 0 aromatic heterocycles. The predicted octanol–water partition coefficient (Wildman–Crippen LogP) is 4.40. The summed E-state index contributed by atoms with van der Waals surface area (Å²) < 4.78 is 62.7. The summed E-state index contributed by atoms with van der Waals surface area (Å²) in [5.74, 6) is -2.70. The number of likely N-dealkylation sites (tertiary alicyclic amines) is 1. The molecule has 0 unspecified atom stereocenters. The largest absolute Gasteiger partial charge is 0.465 e. The van der Waals surface area contributed by atoms with Gasteiger partial charge in [-0.3, -0.25) is 4.90 Å². The van der Waals surface area contributed by atoms with Crippen molar-refractivity contribution >= 4 is 26.7 Å². The van der Waals surface area contributed by atoms with Crippen LogP contribution in [0.1, 0.15) is 43.4 Å². The van der Waals surface area contributed by atoms with Crippen LogP contribution in [0.2, 0.25) is 0 Å². The Labute approximate surface area is 219 Å². The lowest BCUT2D eigenvalue weighted by Gasteiger charge is -2.42. The van der Waals surface area contributed by atoms with E-state index in [-0.39, 0.29) is 29.6 Å². The average molecular weight is 542 g/mol. The van der Waals surface area contributed by atoms with Gasteiger partial charge in [-0.15, -0.1) is 0 Å². The van der Waals surface area contributed by atoms with Crippen molar-refractivity contribution in [2.24, 2.45) is 0 Å². The van der Waals surface area contributed by atoms with E-state index in [9.17, 15) is 26.8 Å². The lowest BCUT2D eigenvalue weighted by molar-refractivity contribution is 0.0592. The smallest absolute Gasteiger partial charge is 0.337 e. The van der Waals surface area contributed by atoms with Gasteiger partial charge in [0.2, 0.25) is 0 Å². The van der Waals surface area contributed by atoms with Crippen LogP contribution < -0.4 is 0 Å². The zero-order valence-electron chi connectivity index (χ0n) is 20.9. The van der Waals surface area contributed by atoms with Crippen LogP contribution in [-0.2, 0) is 19.3 Å². The number of benzene rings is 3. The van der Waals surface area contributed by atoms with Crippen molar-refractivity contribution in [2.45, 2.75) is 6.04 Å². The first-order valence-corrected chi connectivity index (χ1v) is 13.4. The quantitative estimate of drug-likeness (QED) is 0.410. The first kappa shape index (κ1) is 27.2. The van der Waals surface area contributed by atoms with Gasteiger partial charge in [0.1, 0.15) is 11.6 Å². The molecule has 0 amide bonds. The molecule has 7 nitrogen and oxygen atoms in total. The van der Waals surface area contributed by atoms with Crippen LogP contribution in [0, 0.1) is 11.6 Å². The average Bonchev–Trinajstić information content (AvgIpc) is 2.85. The Hall–Kier alpha value is -3.89. The summed E-state index contributed by atoms with van der Waals surface area (Å²) in [6.45, 7) is 0.422. The standard InChI is InChI=1S/C28H25F2NO6S/c1-36-27(32)19-8-4-17(5-9-19)25(18-6-10-20(11-7-18)28(33)37-2)31-15-22(16-31)26(38(3,34)35)21-12-23(29)14-24(30)13-21/h4-14,25H,15-16H2,1-3H3. The van der Waals surface area contributed by atoms with E-state index in [0.29, 0.717) is 22.8 Å². The zero-order valence-corrected chi connectivity index (χ0v) is 21.7. The first-order valence-electron chi connectivity index (χ1n) is 11.5. The van der Waals surface area contributed by atoms with E-state index in [0.717, 1.165) is 29.5 Å². The third-order valence-corrected chi connectivity index (χ3v) is 7.53. The van der Waals surface area contributed by atoms with E-state index in [1.807, 2.05) is 4.90 Å². The second-order valence-electron chi connectivity index (χ2n) is 8.90. The van der Waals surface area contributed by atoms with E-state index >= 15 is 0 Å². The summed E-state index contributed by atoms with van der Waals surface area (Å²) in [5, 5.41) is 0. The third kappa shape index (κ3) is 5.66. The lowest BCUT2D eigenvalue weighted by Crippen LogP contribution is -2.44. The van der Waals surface area contributed by atoms with Crippen LogP contribution in [0.4, 0.5) is 8.78 Å². The molecule has 0 bridgehead atoms. The Kier molecular flexibility index (Phi) is 7.75. The molecule has 0 N–H and O–H groups in total. The minimum absolute atomic E-state index is 0.0407. The van der Waals surface area contributed by atoms with Gasteiger partial charge in [-0.1, -0.05) is 24.3 Å². The number of sulfone groups is 1. The summed E-state index contributed by atoms with van der Waals surface area (Å²) in [5.41, 5.74) is 2.82. The van der Waals surface area contributed by atoms with Crippen molar-refractivity contribution in [1.29, 1.82) is 0 Å². The molecular formula is C28H25F2NO6S. The van der Waals surface area contributed by atoms with Crippen LogP contribution >= 0.6 is 0 Å². The fourth-order valence-corrected chi connectivity index (χ4v) is 5.79. The summed E-state index contributed by atoms with van der Waals surface area (Å²) >= 11 is 0. The van der Waals surface area contributed by atoms with E-state index in [2.05, 4.69) is 0 Å².